The average Bonchev–Trinajstić information content (AvgIpc) is 3.06. The van der Waals surface area contributed by atoms with E-state index in [1.165, 1.54) is 5.56 Å². The minimum Gasteiger partial charge on any atom is -0.493 e. The molecular weight excluding hydrogens is 344 g/mol. The van der Waals surface area contributed by atoms with E-state index in [-0.39, 0.29) is 5.91 Å². The maximum Gasteiger partial charge on any atom is 0.254 e. The molecule has 4 rings (SSSR count). The van der Waals surface area contributed by atoms with Crippen LogP contribution in [0.25, 0.3) is 0 Å². The largest absolute Gasteiger partial charge is 0.493 e. The van der Waals surface area contributed by atoms with E-state index in [2.05, 4.69) is 16.3 Å². The Balaban J connectivity index is 1.29. The van der Waals surface area contributed by atoms with Crippen LogP contribution in [0.1, 0.15) is 28.1 Å². The molecule has 0 unspecified atom stereocenters. The molecule has 1 N–H and O–H groups in total. The number of hydrogen-bond donors (Lipinski definition) is 1. The minimum atomic E-state index is -0.0783. The predicted octanol–water partition coefficient (Wildman–Crippen LogP) is 2.48. The Morgan fingerprint density at radius 1 is 1.19 bits per heavy atom. The molecule has 27 heavy (non-hydrogen) atoms. The molecule has 3 heterocycles. The zero-order valence-corrected chi connectivity index (χ0v) is 15.5. The molecule has 6 heteroatoms. The third kappa shape index (κ3) is 4.70. The molecule has 0 saturated carbocycles. The highest BCUT2D eigenvalue weighted by atomic mass is 16.5. The van der Waals surface area contributed by atoms with E-state index in [0.717, 1.165) is 50.7 Å². The van der Waals surface area contributed by atoms with Crippen molar-refractivity contribution in [3.63, 3.8) is 0 Å². The molecule has 6 nitrogen and oxygen atoms in total. The van der Waals surface area contributed by atoms with Crippen LogP contribution in [0.3, 0.4) is 0 Å². The molecule has 2 aliphatic heterocycles. The number of nitrogens with zero attached hydrogens (tertiary/aromatic N) is 1. The molecule has 1 saturated heterocycles. The number of fused-ring (bicyclic) bond motifs is 1. The fourth-order valence-electron chi connectivity index (χ4n) is 3.64. The number of hydrogen-bond acceptors (Lipinski definition) is 5. The second-order valence-corrected chi connectivity index (χ2v) is 7.22. The number of rotatable bonds is 5. The molecule has 1 atom stereocenters. The zero-order valence-electron chi connectivity index (χ0n) is 15.5. The first-order valence-corrected chi connectivity index (χ1v) is 9.64. The highest BCUT2D eigenvalue weighted by Crippen LogP contribution is 2.26. The van der Waals surface area contributed by atoms with E-state index in [1.807, 2.05) is 24.3 Å². The van der Waals surface area contributed by atoms with Gasteiger partial charge in [-0.2, -0.15) is 0 Å². The van der Waals surface area contributed by atoms with Gasteiger partial charge in [-0.1, -0.05) is 18.2 Å². The monoisotopic (exact) mass is 370 g/mol. The van der Waals surface area contributed by atoms with Crippen LogP contribution in [0.15, 0.2) is 41.0 Å². The fraction of sp³-hybridized carbons (Fsp3) is 0.476. The van der Waals surface area contributed by atoms with E-state index in [1.54, 1.807) is 6.26 Å². The molecule has 2 aromatic rings. The highest BCUT2D eigenvalue weighted by molar-refractivity contribution is 5.93. The molecule has 1 amide bonds. The molecule has 0 aliphatic carbocycles. The average molecular weight is 370 g/mol. The zero-order chi connectivity index (χ0) is 18.5. The number of morpholine rings is 1. The quantitative estimate of drug-likeness (QED) is 0.876. The van der Waals surface area contributed by atoms with Gasteiger partial charge in [-0.15, -0.1) is 0 Å². The Labute approximate surface area is 159 Å². The molecular formula is C21H26N2O4. The molecule has 144 valence electrons. The van der Waals surface area contributed by atoms with E-state index in [9.17, 15) is 4.79 Å². The first-order chi connectivity index (χ1) is 13.3. The van der Waals surface area contributed by atoms with Crippen molar-refractivity contribution in [2.24, 2.45) is 5.92 Å². The van der Waals surface area contributed by atoms with Crippen LogP contribution < -0.4 is 10.1 Å². The van der Waals surface area contributed by atoms with Crippen LogP contribution in [0.5, 0.6) is 5.75 Å². The van der Waals surface area contributed by atoms with Crippen molar-refractivity contribution >= 4 is 5.91 Å². The minimum absolute atomic E-state index is 0.0783. The van der Waals surface area contributed by atoms with Crippen LogP contribution >= 0.6 is 0 Å². The van der Waals surface area contributed by atoms with E-state index in [4.69, 9.17) is 13.9 Å². The lowest BCUT2D eigenvalue weighted by atomic mass is 9.97. The SMILES string of the molecule is O=C(NC[C@@H]1CCOc2ccccc2C1)c1coc(CN2CCOCC2)c1. The molecule has 2 aliphatic rings. The smallest absolute Gasteiger partial charge is 0.254 e. The topological polar surface area (TPSA) is 63.9 Å². The fourth-order valence-corrected chi connectivity index (χ4v) is 3.64. The maximum atomic E-state index is 12.5. The van der Waals surface area contributed by atoms with E-state index in [0.29, 0.717) is 31.2 Å². The number of furan rings is 1. The molecule has 0 spiro atoms. The predicted molar refractivity (Wildman–Crippen MR) is 101 cm³/mol. The Morgan fingerprint density at radius 3 is 2.93 bits per heavy atom. The lowest BCUT2D eigenvalue weighted by Gasteiger charge is -2.25. The number of carbonyl (C=O) groups excluding carboxylic acids is 1. The molecule has 0 bridgehead atoms. The molecule has 1 fully saturated rings. The van der Waals surface area contributed by atoms with Crippen LogP contribution in [0.2, 0.25) is 0 Å². The summed E-state index contributed by atoms with van der Waals surface area (Å²) in [5.41, 5.74) is 1.80. The Bertz CT molecular complexity index is 767. The highest BCUT2D eigenvalue weighted by Gasteiger charge is 2.19. The van der Waals surface area contributed by atoms with Gasteiger partial charge in [0.2, 0.25) is 0 Å². The van der Waals surface area contributed by atoms with Crippen LogP contribution in [0, 0.1) is 5.92 Å². The third-order valence-electron chi connectivity index (χ3n) is 5.22. The summed E-state index contributed by atoms with van der Waals surface area (Å²) in [5, 5.41) is 3.06. The standard InChI is InChI=1S/C21H26N2O4/c24-21(18-12-19(27-15-18)14-23-6-9-25-10-7-23)22-13-16-5-8-26-20-4-2-1-3-17(20)11-16/h1-4,12,15-16H,5-11,13-14H2,(H,22,24)/t16-/m1/s1. The summed E-state index contributed by atoms with van der Waals surface area (Å²) in [6, 6.07) is 9.98. The van der Waals surface area contributed by atoms with Gasteiger partial charge in [-0.3, -0.25) is 9.69 Å². The molecule has 1 aromatic heterocycles. The summed E-state index contributed by atoms with van der Waals surface area (Å²) in [5.74, 6) is 2.08. The van der Waals surface area contributed by atoms with Gasteiger partial charge < -0.3 is 19.2 Å². The summed E-state index contributed by atoms with van der Waals surface area (Å²) >= 11 is 0. The van der Waals surface area contributed by atoms with Gasteiger partial charge in [0, 0.05) is 19.6 Å². The number of benzene rings is 1. The van der Waals surface area contributed by atoms with Crippen LogP contribution in [-0.4, -0.2) is 50.3 Å². The van der Waals surface area contributed by atoms with Crippen molar-refractivity contribution in [3.8, 4) is 5.75 Å². The van der Waals surface area contributed by atoms with Gasteiger partial charge in [0.05, 0.1) is 31.9 Å². The van der Waals surface area contributed by atoms with Gasteiger partial charge >= 0.3 is 0 Å². The van der Waals surface area contributed by atoms with Crippen molar-refractivity contribution in [1.29, 1.82) is 0 Å². The van der Waals surface area contributed by atoms with Gasteiger partial charge in [-0.25, -0.2) is 0 Å². The maximum absolute atomic E-state index is 12.5. The number of carbonyl (C=O) groups is 1. The number of amides is 1. The normalized spacial score (nSPS) is 20.4. The summed E-state index contributed by atoms with van der Waals surface area (Å²) in [6.45, 7) is 5.34. The Hall–Kier alpha value is -2.31. The van der Waals surface area contributed by atoms with Crippen molar-refractivity contribution in [2.45, 2.75) is 19.4 Å². The van der Waals surface area contributed by atoms with Crippen molar-refractivity contribution in [3.05, 3.63) is 53.5 Å². The van der Waals surface area contributed by atoms with Crippen molar-refractivity contribution in [2.75, 3.05) is 39.5 Å². The van der Waals surface area contributed by atoms with Gasteiger partial charge in [0.15, 0.2) is 0 Å². The number of ether oxygens (including phenoxy) is 2. The Kier molecular flexibility index (Phi) is 5.75. The Morgan fingerprint density at radius 2 is 2.04 bits per heavy atom. The third-order valence-corrected chi connectivity index (χ3v) is 5.22. The number of nitrogens with one attached hydrogen (secondary N) is 1. The molecule has 1 aromatic carbocycles. The molecule has 0 radical (unpaired) electrons. The lowest BCUT2D eigenvalue weighted by Crippen LogP contribution is -2.35. The van der Waals surface area contributed by atoms with E-state index >= 15 is 0 Å². The summed E-state index contributed by atoms with van der Waals surface area (Å²) in [4.78, 5) is 14.8. The second kappa shape index (κ2) is 8.59. The number of para-hydroxylation sites is 1. The van der Waals surface area contributed by atoms with Gasteiger partial charge in [-0.05, 0) is 36.5 Å². The van der Waals surface area contributed by atoms with Gasteiger partial charge in [0.1, 0.15) is 17.8 Å². The summed E-state index contributed by atoms with van der Waals surface area (Å²) in [7, 11) is 0. The first kappa shape index (κ1) is 18.1. The lowest BCUT2D eigenvalue weighted by molar-refractivity contribution is 0.0313. The summed E-state index contributed by atoms with van der Waals surface area (Å²) < 4.78 is 16.7. The first-order valence-electron chi connectivity index (χ1n) is 9.64. The van der Waals surface area contributed by atoms with Crippen LogP contribution in [-0.2, 0) is 17.7 Å². The van der Waals surface area contributed by atoms with Crippen molar-refractivity contribution < 1.29 is 18.7 Å². The van der Waals surface area contributed by atoms with Gasteiger partial charge in [0.25, 0.3) is 5.91 Å². The second-order valence-electron chi connectivity index (χ2n) is 7.22. The van der Waals surface area contributed by atoms with Crippen LogP contribution in [0.4, 0.5) is 0 Å². The van der Waals surface area contributed by atoms with E-state index < -0.39 is 0 Å². The summed E-state index contributed by atoms with van der Waals surface area (Å²) in [6.07, 6.45) is 3.41. The van der Waals surface area contributed by atoms with Crippen molar-refractivity contribution in [1.82, 2.24) is 10.2 Å².